The van der Waals surface area contributed by atoms with Crippen LogP contribution in [0.2, 0.25) is 0 Å². The highest BCUT2D eigenvalue weighted by Gasteiger charge is 2.40. The summed E-state index contributed by atoms with van der Waals surface area (Å²) in [6, 6.07) is 4.50. The van der Waals surface area contributed by atoms with Crippen molar-refractivity contribution < 1.29 is 28.7 Å². The van der Waals surface area contributed by atoms with Crippen LogP contribution in [0.4, 0.5) is 10.5 Å². The minimum atomic E-state index is -0.691. The third-order valence-electron chi connectivity index (χ3n) is 7.12. The summed E-state index contributed by atoms with van der Waals surface area (Å²) in [5.41, 5.74) is 1.25. The first-order chi connectivity index (χ1) is 19.0. The number of carbonyl (C=O) groups excluding carboxylic acids is 5. The fraction of sp³-hybridized carbons (Fsp3) is 0.633. The van der Waals surface area contributed by atoms with Gasteiger partial charge in [0.05, 0.1) is 0 Å². The molecule has 220 valence electrons. The molecule has 0 aromatic heterocycles. The Balaban J connectivity index is 1.40. The van der Waals surface area contributed by atoms with Crippen LogP contribution in [-0.2, 0) is 25.7 Å². The first kappa shape index (κ1) is 31.1. The molecule has 1 aromatic carbocycles. The van der Waals surface area contributed by atoms with Crippen LogP contribution in [0.25, 0.3) is 0 Å². The Morgan fingerprint density at radius 1 is 1.05 bits per heavy atom. The van der Waals surface area contributed by atoms with Gasteiger partial charge in [0, 0.05) is 49.3 Å². The van der Waals surface area contributed by atoms with E-state index >= 15 is 0 Å². The molecule has 1 saturated heterocycles. The lowest BCUT2D eigenvalue weighted by atomic mass is 10.0. The third kappa shape index (κ3) is 8.79. The summed E-state index contributed by atoms with van der Waals surface area (Å²) in [6.07, 6.45) is 7.05. The molecule has 3 rings (SSSR count). The number of unbranched alkanes of at least 4 members (excludes halogenated alkanes) is 5. The number of amides is 5. The van der Waals surface area contributed by atoms with Gasteiger partial charge in [-0.3, -0.25) is 24.5 Å². The Bertz CT molecular complexity index is 1100. The van der Waals surface area contributed by atoms with E-state index in [2.05, 4.69) is 17.6 Å². The zero-order chi connectivity index (χ0) is 29.3. The summed E-state index contributed by atoms with van der Waals surface area (Å²) in [5.74, 6) is -1.16. The van der Waals surface area contributed by atoms with Gasteiger partial charge in [0.25, 0.3) is 5.91 Å². The molecule has 2 aliphatic heterocycles. The number of hydrogen-bond donors (Lipinski definition) is 2. The second-order valence-corrected chi connectivity index (χ2v) is 11.6. The van der Waals surface area contributed by atoms with Gasteiger partial charge in [0.2, 0.25) is 17.7 Å². The number of anilines is 1. The smallest absolute Gasteiger partial charge is 0.410 e. The van der Waals surface area contributed by atoms with Gasteiger partial charge in [-0.05, 0) is 58.6 Å². The minimum Gasteiger partial charge on any atom is -0.444 e. The molecule has 2 N–H and O–H groups in total. The van der Waals surface area contributed by atoms with Crippen LogP contribution in [0.15, 0.2) is 18.2 Å². The molecule has 0 radical (unpaired) electrons. The lowest BCUT2D eigenvalue weighted by Crippen LogP contribution is -2.52. The predicted octanol–water partition coefficient (Wildman–Crippen LogP) is 4.76. The van der Waals surface area contributed by atoms with Gasteiger partial charge in [-0.15, -0.1) is 0 Å². The van der Waals surface area contributed by atoms with Gasteiger partial charge < -0.3 is 19.9 Å². The van der Waals surface area contributed by atoms with Crippen LogP contribution in [-0.4, -0.2) is 64.3 Å². The quantitative estimate of drug-likeness (QED) is 0.267. The normalized spacial score (nSPS) is 16.9. The fourth-order valence-electron chi connectivity index (χ4n) is 5.00. The summed E-state index contributed by atoms with van der Waals surface area (Å²) in [6.45, 7) is 9.31. The number of nitrogens with zero attached hydrogens (tertiary/aromatic N) is 2. The molecule has 0 bridgehead atoms. The maximum absolute atomic E-state index is 13.0. The number of carbonyl (C=O) groups is 5. The van der Waals surface area contributed by atoms with E-state index in [1.807, 2.05) is 20.8 Å². The molecule has 5 amide bonds. The lowest BCUT2D eigenvalue weighted by molar-refractivity contribution is -0.137. The molecule has 10 heteroatoms. The number of rotatable bonds is 13. The van der Waals surface area contributed by atoms with Gasteiger partial charge >= 0.3 is 6.09 Å². The molecule has 0 spiro atoms. The van der Waals surface area contributed by atoms with E-state index in [1.54, 1.807) is 23.1 Å². The van der Waals surface area contributed by atoms with E-state index in [4.69, 9.17) is 4.74 Å². The molecule has 2 heterocycles. The zero-order valence-corrected chi connectivity index (χ0v) is 24.3. The molecular weight excluding hydrogens is 512 g/mol. The van der Waals surface area contributed by atoms with Gasteiger partial charge in [-0.25, -0.2) is 4.79 Å². The van der Waals surface area contributed by atoms with E-state index in [-0.39, 0.29) is 36.8 Å². The van der Waals surface area contributed by atoms with Gasteiger partial charge in [0.1, 0.15) is 11.6 Å². The number of piperidine rings is 1. The minimum absolute atomic E-state index is 0.115. The molecule has 1 atom stereocenters. The Hall–Kier alpha value is -3.43. The number of imide groups is 1. The highest BCUT2D eigenvalue weighted by atomic mass is 16.6. The van der Waals surface area contributed by atoms with Crippen molar-refractivity contribution in [3.63, 3.8) is 0 Å². The highest BCUT2D eigenvalue weighted by molar-refractivity contribution is 6.06. The van der Waals surface area contributed by atoms with Crippen LogP contribution in [0.3, 0.4) is 0 Å². The summed E-state index contributed by atoms with van der Waals surface area (Å²) in [4.78, 5) is 65.2. The summed E-state index contributed by atoms with van der Waals surface area (Å²) >= 11 is 0. The van der Waals surface area contributed by atoms with Crippen molar-refractivity contribution in [3.05, 3.63) is 29.3 Å². The van der Waals surface area contributed by atoms with Gasteiger partial charge in [-0.1, -0.05) is 38.7 Å². The standard InChI is InChI=1S/C30H44N4O6/c1-5-6-18-33(29(39)40-30(2,3)4)19-11-9-7-8-10-15-25(35)31-23-14-12-13-21-22(23)20-34(28(21)38)24-16-17-26(36)32-27(24)37/h12-14,24H,5-11,15-20H2,1-4H3,(H,31,35)(H,32,36,37). The van der Waals surface area contributed by atoms with Crippen molar-refractivity contribution >= 4 is 35.4 Å². The second-order valence-electron chi connectivity index (χ2n) is 11.6. The van der Waals surface area contributed by atoms with E-state index in [1.165, 1.54) is 4.90 Å². The molecular formula is C30H44N4O6. The van der Waals surface area contributed by atoms with E-state index < -0.39 is 17.6 Å². The maximum Gasteiger partial charge on any atom is 0.410 e. The Labute approximate surface area is 237 Å². The molecule has 0 saturated carbocycles. The molecule has 2 aliphatic rings. The lowest BCUT2D eigenvalue weighted by Gasteiger charge is -2.29. The van der Waals surface area contributed by atoms with Crippen molar-refractivity contribution in [1.82, 2.24) is 15.1 Å². The van der Waals surface area contributed by atoms with E-state index in [0.29, 0.717) is 42.7 Å². The average Bonchev–Trinajstić information content (AvgIpc) is 3.21. The Morgan fingerprint density at radius 2 is 1.75 bits per heavy atom. The van der Waals surface area contributed by atoms with Crippen molar-refractivity contribution in [2.75, 3.05) is 18.4 Å². The molecule has 1 unspecified atom stereocenters. The summed E-state index contributed by atoms with van der Waals surface area (Å²) in [7, 11) is 0. The third-order valence-corrected chi connectivity index (χ3v) is 7.12. The number of fused-ring (bicyclic) bond motifs is 1. The second kappa shape index (κ2) is 14.3. The SMILES string of the molecule is CCCCN(CCCCCCCC(=O)Nc1cccc2c1CN(C1CCC(=O)NC1=O)C2=O)C(=O)OC(C)(C)C. The number of nitrogens with one attached hydrogen (secondary N) is 2. The van der Waals surface area contributed by atoms with Crippen molar-refractivity contribution in [1.29, 1.82) is 0 Å². The highest BCUT2D eigenvalue weighted by Crippen LogP contribution is 2.32. The van der Waals surface area contributed by atoms with E-state index in [0.717, 1.165) is 44.9 Å². The predicted molar refractivity (Wildman–Crippen MR) is 152 cm³/mol. The van der Waals surface area contributed by atoms with Crippen LogP contribution < -0.4 is 10.6 Å². The van der Waals surface area contributed by atoms with Crippen molar-refractivity contribution in [2.24, 2.45) is 0 Å². The fourth-order valence-corrected chi connectivity index (χ4v) is 5.00. The van der Waals surface area contributed by atoms with Crippen LogP contribution in [0, 0.1) is 0 Å². The number of ether oxygens (including phenoxy) is 1. The van der Waals surface area contributed by atoms with Gasteiger partial charge in [-0.2, -0.15) is 0 Å². The monoisotopic (exact) mass is 556 g/mol. The molecule has 1 aromatic rings. The number of benzene rings is 1. The van der Waals surface area contributed by atoms with Crippen molar-refractivity contribution in [2.45, 2.75) is 110 Å². The van der Waals surface area contributed by atoms with Crippen LogP contribution >= 0.6 is 0 Å². The Kier molecular flexibility index (Phi) is 11.1. The molecule has 40 heavy (non-hydrogen) atoms. The molecule has 1 fully saturated rings. The first-order valence-electron chi connectivity index (χ1n) is 14.5. The Morgan fingerprint density at radius 3 is 2.45 bits per heavy atom. The number of hydrogen-bond acceptors (Lipinski definition) is 6. The topological polar surface area (TPSA) is 125 Å². The zero-order valence-electron chi connectivity index (χ0n) is 24.3. The van der Waals surface area contributed by atoms with Crippen LogP contribution in [0.1, 0.15) is 108 Å². The molecule has 10 nitrogen and oxygen atoms in total. The van der Waals surface area contributed by atoms with Crippen LogP contribution in [0.5, 0.6) is 0 Å². The summed E-state index contributed by atoms with van der Waals surface area (Å²) in [5, 5.41) is 5.25. The molecule has 0 aliphatic carbocycles. The average molecular weight is 557 g/mol. The van der Waals surface area contributed by atoms with E-state index in [9.17, 15) is 24.0 Å². The van der Waals surface area contributed by atoms with Gasteiger partial charge in [0.15, 0.2) is 0 Å². The van der Waals surface area contributed by atoms with Crippen molar-refractivity contribution in [3.8, 4) is 0 Å². The maximum atomic E-state index is 13.0. The summed E-state index contributed by atoms with van der Waals surface area (Å²) < 4.78 is 5.54. The largest absolute Gasteiger partial charge is 0.444 e. The first-order valence-corrected chi connectivity index (χ1v) is 14.5.